The van der Waals surface area contributed by atoms with E-state index in [0.29, 0.717) is 31.1 Å². The Morgan fingerprint density at radius 2 is 1.33 bits per heavy atom. The summed E-state index contributed by atoms with van der Waals surface area (Å²) in [5.74, 6) is 1.68. The van der Waals surface area contributed by atoms with Crippen molar-refractivity contribution in [1.29, 1.82) is 0 Å². The molecule has 1 aromatic carbocycles. The van der Waals surface area contributed by atoms with Crippen molar-refractivity contribution in [3.8, 4) is 5.69 Å². The molecule has 5 rings (SSSR count). The van der Waals surface area contributed by atoms with Gasteiger partial charge in [0, 0.05) is 64.8 Å². The maximum atomic E-state index is 13.1. The summed E-state index contributed by atoms with van der Waals surface area (Å²) in [5.41, 5.74) is 0.822. The van der Waals surface area contributed by atoms with Gasteiger partial charge in [0.15, 0.2) is 11.6 Å². The fraction of sp³-hybridized carbons (Fsp3) is 0.409. The molecule has 0 radical (unpaired) electrons. The molecule has 0 N–H and O–H groups in total. The molecule has 0 spiro atoms. The van der Waals surface area contributed by atoms with Gasteiger partial charge in [0.05, 0.1) is 10.6 Å². The number of rotatable bonds is 5. The first kappa shape index (κ1) is 21.8. The first-order valence-electron chi connectivity index (χ1n) is 11.1. The minimum atomic E-state index is -3.55. The van der Waals surface area contributed by atoms with E-state index in [2.05, 4.69) is 37.0 Å². The van der Waals surface area contributed by atoms with Crippen LogP contribution in [0.3, 0.4) is 0 Å². The van der Waals surface area contributed by atoms with Crippen LogP contribution in [0.1, 0.15) is 0 Å². The Bertz CT molecular complexity index is 1150. The number of nitrogens with zero attached hydrogens (tertiary/aromatic N) is 8. The summed E-state index contributed by atoms with van der Waals surface area (Å²) in [4.78, 5) is 6.94. The van der Waals surface area contributed by atoms with Crippen LogP contribution < -0.4 is 9.80 Å². The van der Waals surface area contributed by atoms with E-state index >= 15 is 0 Å². The number of anilines is 2. The molecule has 2 saturated heterocycles. The molecule has 0 saturated carbocycles. The Balaban J connectivity index is 1.20. The van der Waals surface area contributed by atoms with Crippen molar-refractivity contribution in [2.75, 3.05) is 69.2 Å². The Hall–Kier alpha value is -3.02. The van der Waals surface area contributed by atoms with E-state index in [1.807, 2.05) is 24.4 Å². The Morgan fingerprint density at radius 1 is 0.758 bits per heavy atom. The van der Waals surface area contributed by atoms with Gasteiger partial charge >= 0.3 is 0 Å². The van der Waals surface area contributed by atoms with Gasteiger partial charge in [-0.2, -0.15) is 9.40 Å². The topological polar surface area (TPSA) is 90.7 Å². The molecule has 10 nitrogen and oxygen atoms in total. The highest BCUT2D eigenvalue weighted by Gasteiger charge is 2.29. The van der Waals surface area contributed by atoms with Crippen LogP contribution in [-0.2, 0) is 10.0 Å². The zero-order valence-electron chi connectivity index (χ0n) is 18.7. The number of hydrogen-bond acceptors (Lipinski definition) is 8. The number of piperazine rings is 2. The first-order valence-corrected chi connectivity index (χ1v) is 12.6. The summed E-state index contributed by atoms with van der Waals surface area (Å²) in [6, 6.07) is 12.6. The molecule has 0 atom stereocenters. The molecule has 33 heavy (non-hydrogen) atoms. The summed E-state index contributed by atoms with van der Waals surface area (Å²) >= 11 is 0. The predicted octanol–water partition coefficient (Wildman–Crippen LogP) is 0.925. The fourth-order valence-electron chi connectivity index (χ4n) is 4.19. The first-order chi connectivity index (χ1) is 16.0. The second-order valence-corrected chi connectivity index (χ2v) is 10.3. The average Bonchev–Trinajstić information content (AvgIpc) is 3.40. The number of aromatic nitrogens is 4. The van der Waals surface area contributed by atoms with Crippen molar-refractivity contribution in [3.63, 3.8) is 0 Å². The van der Waals surface area contributed by atoms with Crippen molar-refractivity contribution >= 4 is 21.7 Å². The van der Waals surface area contributed by atoms with Gasteiger partial charge in [0.2, 0.25) is 10.0 Å². The Labute approximate surface area is 194 Å². The highest BCUT2D eigenvalue weighted by atomic mass is 32.2. The van der Waals surface area contributed by atoms with Crippen LogP contribution in [0.5, 0.6) is 0 Å². The molecule has 0 amide bonds. The van der Waals surface area contributed by atoms with Gasteiger partial charge in [-0.3, -0.25) is 0 Å². The van der Waals surface area contributed by atoms with Gasteiger partial charge in [-0.05, 0) is 49.5 Å². The van der Waals surface area contributed by atoms with Crippen LogP contribution in [0.2, 0.25) is 0 Å². The highest BCUT2D eigenvalue weighted by Crippen LogP contribution is 2.22. The van der Waals surface area contributed by atoms with Crippen molar-refractivity contribution in [2.24, 2.45) is 0 Å². The van der Waals surface area contributed by atoms with Gasteiger partial charge in [-0.1, -0.05) is 0 Å². The quantitative estimate of drug-likeness (QED) is 0.546. The molecule has 2 aromatic heterocycles. The van der Waals surface area contributed by atoms with Crippen LogP contribution >= 0.6 is 0 Å². The lowest BCUT2D eigenvalue weighted by molar-refractivity contribution is 0.312. The van der Waals surface area contributed by atoms with Gasteiger partial charge in [-0.25, -0.2) is 13.1 Å². The minimum Gasteiger partial charge on any atom is -0.353 e. The smallest absolute Gasteiger partial charge is 0.243 e. The third-order valence-corrected chi connectivity index (χ3v) is 8.18. The summed E-state index contributed by atoms with van der Waals surface area (Å²) in [7, 11) is -1.42. The van der Waals surface area contributed by atoms with E-state index < -0.39 is 10.0 Å². The molecule has 0 unspecified atom stereocenters. The van der Waals surface area contributed by atoms with Crippen LogP contribution in [0.15, 0.2) is 59.8 Å². The number of sulfonamides is 1. The van der Waals surface area contributed by atoms with E-state index in [4.69, 9.17) is 0 Å². The molecule has 2 fully saturated rings. The molecule has 4 heterocycles. The summed E-state index contributed by atoms with van der Waals surface area (Å²) < 4.78 is 29.5. The largest absolute Gasteiger partial charge is 0.353 e. The molecule has 0 bridgehead atoms. The zero-order valence-corrected chi connectivity index (χ0v) is 19.5. The lowest BCUT2D eigenvalue weighted by Crippen LogP contribution is -2.49. The highest BCUT2D eigenvalue weighted by molar-refractivity contribution is 7.89. The minimum absolute atomic E-state index is 0.295. The van der Waals surface area contributed by atoms with Crippen LogP contribution in [0, 0.1) is 0 Å². The van der Waals surface area contributed by atoms with Gasteiger partial charge < -0.3 is 14.7 Å². The standard InChI is InChI=1S/C22H28N8O2S/c1-26-11-13-27(14-12-26)21-7-8-22(25-24-21)28-15-17-29(18-16-28)33(31,32)20-5-3-19(4-6-20)30-10-2-9-23-30/h2-10H,11-18H2,1H3. The molecule has 174 valence electrons. The van der Waals surface area contributed by atoms with Crippen LogP contribution in [-0.4, -0.2) is 97.0 Å². The Morgan fingerprint density at radius 3 is 1.85 bits per heavy atom. The Kier molecular flexibility index (Phi) is 6.00. The molecule has 3 aromatic rings. The van der Waals surface area contributed by atoms with E-state index in [9.17, 15) is 8.42 Å². The molecule has 11 heteroatoms. The maximum Gasteiger partial charge on any atom is 0.243 e. The fourth-order valence-corrected chi connectivity index (χ4v) is 5.61. The third-order valence-electron chi connectivity index (χ3n) is 6.27. The lowest BCUT2D eigenvalue weighted by atomic mass is 10.3. The van der Waals surface area contributed by atoms with E-state index in [0.717, 1.165) is 43.5 Å². The van der Waals surface area contributed by atoms with Crippen molar-refractivity contribution in [1.82, 2.24) is 29.2 Å². The monoisotopic (exact) mass is 468 g/mol. The van der Waals surface area contributed by atoms with Gasteiger partial charge in [0.25, 0.3) is 0 Å². The van der Waals surface area contributed by atoms with Crippen molar-refractivity contribution in [3.05, 3.63) is 54.9 Å². The van der Waals surface area contributed by atoms with Crippen LogP contribution in [0.25, 0.3) is 5.69 Å². The van der Waals surface area contributed by atoms with Gasteiger partial charge in [-0.15, -0.1) is 10.2 Å². The van der Waals surface area contributed by atoms with Crippen LogP contribution in [0.4, 0.5) is 11.6 Å². The second kappa shape index (κ2) is 9.08. The zero-order chi connectivity index (χ0) is 22.8. The predicted molar refractivity (Wildman–Crippen MR) is 126 cm³/mol. The number of benzene rings is 1. The summed E-state index contributed by atoms with van der Waals surface area (Å²) in [5, 5.41) is 13.0. The second-order valence-electron chi connectivity index (χ2n) is 8.38. The molecule has 2 aliphatic rings. The van der Waals surface area contributed by atoms with Crippen molar-refractivity contribution < 1.29 is 8.42 Å². The van der Waals surface area contributed by atoms with Crippen molar-refractivity contribution in [2.45, 2.75) is 4.90 Å². The molecule has 0 aliphatic carbocycles. The molecular weight excluding hydrogens is 440 g/mol. The number of likely N-dealkylation sites (N-methyl/N-ethyl adjacent to an activating group) is 1. The molecular formula is C22H28N8O2S. The number of hydrogen-bond donors (Lipinski definition) is 0. The van der Waals surface area contributed by atoms with E-state index in [1.165, 1.54) is 0 Å². The summed E-state index contributed by atoms with van der Waals surface area (Å²) in [6.07, 6.45) is 3.51. The van der Waals surface area contributed by atoms with Gasteiger partial charge in [0.1, 0.15) is 0 Å². The normalized spacial score (nSPS) is 18.6. The SMILES string of the molecule is CN1CCN(c2ccc(N3CCN(S(=O)(=O)c4ccc(-n5cccn5)cc4)CC3)nn2)CC1. The van der Waals surface area contributed by atoms with E-state index in [-0.39, 0.29) is 0 Å². The average molecular weight is 469 g/mol. The van der Waals surface area contributed by atoms with E-state index in [1.54, 1.807) is 39.4 Å². The molecule has 2 aliphatic heterocycles. The third kappa shape index (κ3) is 4.56. The summed E-state index contributed by atoms with van der Waals surface area (Å²) in [6.45, 7) is 5.90. The lowest BCUT2D eigenvalue weighted by Gasteiger charge is -2.35. The maximum absolute atomic E-state index is 13.1.